The number of hydrogen-bond acceptors (Lipinski definition) is 2. The van der Waals surface area contributed by atoms with Gasteiger partial charge in [0.2, 0.25) is 0 Å². The highest BCUT2D eigenvalue weighted by molar-refractivity contribution is 5.27. The Kier molecular flexibility index (Phi) is 5.06. The molecule has 100 valence electrons. The Morgan fingerprint density at radius 1 is 1.17 bits per heavy atom. The maximum absolute atomic E-state index is 8.80. The molecule has 0 radical (unpaired) electrons. The molecule has 0 heterocycles. The van der Waals surface area contributed by atoms with E-state index in [0.29, 0.717) is 12.0 Å². The van der Waals surface area contributed by atoms with Gasteiger partial charge < -0.3 is 9.84 Å². The number of aryl methyl sites for hydroxylation is 1. The van der Waals surface area contributed by atoms with Crippen LogP contribution in [0.5, 0.6) is 5.75 Å². The van der Waals surface area contributed by atoms with Crippen LogP contribution in [0.2, 0.25) is 0 Å². The Morgan fingerprint density at radius 2 is 1.89 bits per heavy atom. The molecule has 0 amide bonds. The van der Waals surface area contributed by atoms with Crippen molar-refractivity contribution in [3.63, 3.8) is 0 Å². The second-order valence-corrected chi connectivity index (χ2v) is 5.39. The van der Waals surface area contributed by atoms with E-state index in [4.69, 9.17) is 9.84 Å². The minimum Gasteiger partial charge on any atom is -0.490 e. The Bertz CT molecular complexity index is 345. The van der Waals surface area contributed by atoms with Crippen molar-refractivity contribution in [3.05, 3.63) is 29.8 Å². The first-order valence-electron chi connectivity index (χ1n) is 7.16. The lowest BCUT2D eigenvalue weighted by Crippen LogP contribution is -2.28. The molecular weight excluding hydrogens is 224 g/mol. The predicted molar refractivity (Wildman–Crippen MR) is 73.9 cm³/mol. The molecule has 1 N–H and O–H groups in total. The van der Waals surface area contributed by atoms with Crippen LogP contribution in [-0.2, 0) is 6.42 Å². The number of hydrogen-bond donors (Lipinski definition) is 1. The molecule has 1 aromatic rings. The maximum atomic E-state index is 8.80. The summed E-state index contributed by atoms with van der Waals surface area (Å²) in [6, 6.07) is 8.35. The minimum atomic E-state index is 0.262. The molecular formula is C16H24O2. The molecule has 1 saturated carbocycles. The standard InChI is InChI=1S/C16H24O2/c1-13-5-2-3-7-16(13)18-15-10-8-14(9-11-15)6-4-12-17/h8-11,13,16-17H,2-7,12H2,1H3. The van der Waals surface area contributed by atoms with Gasteiger partial charge in [0.1, 0.15) is 11.9 Å². The van der Waals surface area contributed by atoms with Gasteiger partial charge in [0.05, 0.1) is 0 Å². The molecule has 1 aliphatic rings. The van der Waals surface area contributed by atoms with E-state index in [-0.39, 0.29) is 6.61 Å². The lowest BCUT2D eigenvalue weighted by molar-refractivity contribution is 0.102. The van der Waals surface area contributed by atoms with E-state index < -0.39 is 0 Å². The van der Waals surface area contributed by atoms with Gasteiger partial charge in [0.15, 0.2) is 0 Å². The molecule has 0 aliphatic heterocycles. The number of aliphatic hydroxyl groups excluding tert-OH is 1. The Morgan fingerprint density at radius 3 is 2.56 bits per heavy atom. The summed E-state index contributed by atoms with van der Waals surface area (Å²) < 4.78 is 6.08. The van der Waals surface area contributed by atoms with Crippen molar-refractivity contribution in [2.45, 2.75) is 51.6 Å². The van der Waals surface area contributed by atoms with Crippen molar-refractivity contribution >= 4 is 0 Å². The summed E-state index contributed by atoms with van der Waals surface area (Å²) in [6.07, 6.45) is 7.29. The fraction of sp³-hybridized carbons (Fsp3) is 0.625. The first-order chi connectivity index (χ1) is 8.79. The van der Waals surface area contributed by atoms with Crippen LogP contribution in [0, 0.1) is 5.92 Å². The van der Waals surface area contributed by atoms with E-state index in [1.54, 1.807) is 0 Å². The van der Waals surface area contributed by atoms with E-state index in [1.165, 1.54) is 31.2 Å². The topological polar surface area (TPSA) is 29.5 Å². The summed E-state index contributed by atoms with van der Waals surface area (Å²) in [6.45, 7) is 2.55. The molecule has 2 nitrogen and oxygen atoms in total. The summed E-state index contributed by atoms with van der Waals surface area (Å²) in [7, 11) is 0. The van der Waals surface area contributed by atoms with Crippen LogP contribution in [-0.4, -0.2) is 17.8 Å². The molecule has 0 saturated heterocycles. The quantitative estimate of drug-likeness (QED) is 0.863. The second-order valence-electron chi connectivity index (χ2n) is 5.39. The molecule has 0 aromatic heterocycles. The molecule has 0 bridgehead atoms. The third-order valence-corrected chi connectivity index (χ3v) is 3.87. The van der Waals surface area contributed by atoms with Gasteiger partial charge in [-0.15, -0.1) is 0 Å². The molecule has 2 unspecified atom stereocenters. The molecule has 2 rings (SSSR count). The molecule has 2 atom stereocenters. The van der Waals surface area contributed by atoms with Gasteiger partial charge in [-0.05, 0) is 55.7 Å². The van der Waals surface area contributed by atoms with Crippen LogP contribution in [0.3, 0.4) is 0 Å². The SMILES string of the molecule is CC1CCCCC1Oc1ccc(CCCO)cc1. The zero-order valence-electron chi connectivity index (χ0n) is 11.3. The van der Waals surface area contributed by atoms with Crippen molar-refractivity contribution < 1.29 is 9.84 Å². The molecule has 18 heavy (non-hydrogen) atoms. The van der Waals surface area contributed by atoms with Crippen LogP contribution < -0.4 is 4.74 Å². The number of ether oxygens (including phenoxy) is 1. The average Bonchev–Trinajstić information content (AvgIpc) is 2.41. The molecule has 2 heteroatoms. The van der Waals surface area contributed by atoms with E-state index >= 15 is 0 Å². The van der Waals surface area contributed by atoms with Crippen molar-refractivity contribution in [1.29, 1.82) is 0 Å². The summed E-state index contributed by atoms with van der Waals surface area (Å²) >= 11 is 0. The van der Waals surface area contributed by atoms with Crippen LogP contribution >= 0.6 is 0 Å². The van der Waals surface area contributed by atoms with Crippen LogP contribution in [0.25, 0.3) is 0 Å². The number of rotatable bonds is 5. The zero-order chi connectivity index (χ0) is 12.8. The lowest BCUT2D eigenvalue weighted by Gasteiger charge is -2.29. The fourth-order valence-corrected chi connectivity index (χ4v) is 2.65. The van der Waals surface area contributed by atoms with Gasteiger partial charge in [0, 0.05) is 6.61 Å². The Labute approximate surface area is 110 Å². The Hall–Kier alpha value is -1.02. The van der Waals surface area contributed by atoms with Gasteiger partial charge in [-0.1, -0.05) is 25.5 Å². The molecule has 1 aromatic carbocycles. The third-order valence-electron chi connectivity index (χ3n) is 3.87. The molecule has 1 fully saturated rings. The van der Waals surface area contributed by atoms with Crippen LogP contribution in [0.4, 0.5) is 0 Å². The summed E-state index contributed by atoms with van der Waals surface area (Å²) in [4.78, 5) is 0. The second kappa shape index (κ2) is 6.79. The van der Waals surface area contributed by atoms with E-state index in [1.807, 2.05) is 0 Å². The number of benzene rings is 1. The first kappa shape index (κ1) is 13.4. The number of aliphatic hydroxyl groups is 1. The van der Waals surface area contributed by atoms with Crippen molar-refractivity contribution in [2.75, 3.05) is 6.61 Å². The van der Waals surface area contributed by atoms with Crippen LogP contribution in [0.15, 0.2) is 24.3 Å². The van der Waals surface area contributed by atoms with E-state index in [9.17, 15) is 0 Å². The van der Waals surface area contributed by atoms with Gasteiger partial charge in [-0.25, -0.2) is 0 Å². The highest BCUT2D eigenvalue weighted by Crippen LogP contribution is 2.28. The van der Waals surface area contributed by atoms with Crippen LogP contribution in [0.1, 0.15) is 44.6 Å². The highest BCUT2D eigenvalue weighted by Gasteiger charge is 2.22. The fourth-order valence-electron chi connectivity index (χ4n) is 2.65. The maximum Gasteiger partial charge on any atom is 0.119 e. The summed E-state index contributed by atoms with van der Waals surface area (Å²) in [5.41, 5.74) is 1.27. The Balaban J connectivity index is 1.89. The van der Waals surface area contributed by atoms with E-state index in [2.05, 4.69) is 31.2 Å². The minimum absolute atomic E-state index is 0.262. The normalized spacial score (nSPS) is 23.9. The zero-order valence-corrected chi connectivity index (χ0v) is 11.3. The largest absolute Gasteiger partial charge is 0.490 e. The summed E-state index contributed by atoms with van der Waals surface area (Å²) in [5.74, 6) is 1.66. The monoisotopic (exact) mass is 248 g/mol. The average molecular weight is 248 g/mol. The summed E-state index contributed by atoms with van der Waals surface area (Å²) in [5, 5.41) is 8.80. The highest BCUT2D eigenvalue weighted by atomic mass is 16.5. The van der Waals surface area contributed by atoms with Gasteiger partial charge in [-0.3, -0.25) is 0 Å². The van der Waals surface area contributed by atoms with Gasteiger partial charge in [0.25, 0.3) is 0 Å². The van der Waals surface area contributed by atoms with Crippen molar-refractivity contribution in [2.24, 2.45) is 5.92 Å². The van der Waals surface area contributed by atoms with E-state index in [0.717, 1.165) is 18.6 Å². The van der Waals surface area contributed by atoms with Gasteiger partial charge in [-0.2, -0.15) is 0 Å². The smallest absolute Gasteiger partial charge is 0.119 e. The van der Waals surface area contributed by atoms with Crippen molar-refractivity contribution in [3.8, 4) is 5.75 Å². The van der Waals surface area contributed by atoms with Crippen molar-refractivity contribution in [1.82, 2.24) is 0 Å². The molecule has 0 spiro atoms. The first-order valence-corrected chi connectivity index (χ1v) is 7.16. The van der Waals surface area contributed by atoms with Gasteiger partial charge >= 0.3 is 0 Å². The predicted octanol–water partition coefficient (Wildman–Crippen LogP) is 3.57. The third kappa shape index (κ3) is 3.74. The molecule has 1 aliphatic carbocycles. The lowest BCUT2D eigenvalue weighted by atomic mass is 9.88.